The van der Waals surface area contributed by atoms with Crippen LogP contribution in [0.4, 0.5) is 18.9 Å². The zero-order valence-corrected chi connectivity index (χ0v) is 6.18. The number of hydrogen-bond donors (Lipinski definition) is 1. The maximum absolute atomic E-state index is 12.1. The molecule has 1 heterocycles. The molecule has 0 saturated carbocycles. The molecule has 1 aromatic rings. The molecule has 0 aliphatic carbocycles. The van der Waals surface area contributed by atoms with E-state index in [1.807, 2.05) is 0 Å². The van der Waals surface area contributed by atoms with Crippen LogP contribution in [0.15, 0.2) is 12.5 Å². The van der Waals surface area contributed by atoms with Gasteiger partial charge in [0.05, 0.1) is 11.9 Å². The van der Waals surface area contributed by atoms with Crippen molar-refractivity contribution >= 4 is 5.69 Å². The number of nitrogens with one attached hydrogen (secondary N) is 1. The summed E-state index contributed by atoms with van der Waals surface area (Å²) in [5.41, 5.74) is -1.06. The number of anilines is 1. The summed E-state index contributed by atoms with van der Waals surface area (Å²) < 4.78 is 36.3. The Morgan fingerprint density at radius 1 is 1.42 bits per heavy atom. The lowest BCUT2D eigenvalue weighted by Crippen LogP contribution is -2.11. The highest BCUT2D eigenvalue weighted by molar-refractivity contribution is 5.45. The van der Waals surface area contributed by atoms with E-state index in [2.05, 4.69) is 15.3 Å². The topological polar surface area (TPSA) is 37.8 Å². The summed E-state index contributed by atoms with van der Waals surface area (Å²) in [6.45, 7) is 0. The largest absolute Gasteiger partial charge is 0.435 e. The molecule has 1 aromatic heterocycles. The summed E-state index contributed by atoms with van der Waals surface area (Å²) in [5.74, 6) is 0. The van der Waals surface area contributed by atoms with Crippen LogP contribution in [-0.4, -0.2) is 17.0 Å². The van der Waals surface area contributed by atoms with Gasteiger partial charge in [0.1, 0.15) is 6.33 Å². The Kier molecular flexibility index (Phi) is 2.16. The Hall–Kier alpha value is -1.33. The molecule has 0 amide bonds. The number of hydrogen-bond acceptors (Lipinski definition) is 3. The van der Waals surface area contributed by atoms with Gasteiger partial charge in [-0.3, -0.25) is 0 Å². The fourth-order valence-corrected chi connectivity index (χ4v) is 0.738. The zero-order chi connectivity index (χ0) is 9.19. The van der Waals surface area contributed by atoms with Crippen molar-refractivity contribution in [2.45, 2.75) is 6.18 Å². The van der Waals surface area contributed by atoms with E-state index >= 15 is 0 Å². The van der Waals surface area contributed by atoms with Crippen molar-refractivity contribution in [2.24, 2.45) is 0 Å². The third kappa shape index (κ3) is 1.63. The van der Waals surface area contributed by atoms with E-state index in [9.17, 15) is 13.2 Å². The van der Waals surface area contributed by atoms with Crippen LogP contribution in [0.2, 0.25) is 0 Å². The zero-order valence-electron chi connectivity index (χ0n) is 6.18. The standard InChI is InChI=1S/C6H6F3N3/c1-10-4-2-11-3-12-5(4)6(7,8)9/h2-3,10H,1H3. The Morgan fingerprint density at radius 2 is 2.08 bits per heavy atom. The summed E-state index contributed by atoms with van der Waals surface area (Å²) in [6.07, 6.45) is -2.49. The van der Waals surface area contributed by atoms with Gasteiger partial charge in [0.15, 0.2) is 5.69 Å². The molecule has 0 bridgehead atoms. The number of alkyl halides is 3. The van der Waals surface area contributed by atoms with Crippen LogP contribution in [0.25, 0.3) is 0 Å². The summed E-state index contributed by atoms with van der Waals surface area (Å²) in [6, 6.07) is 0. The minimum Gasteiger partial charge on any atom is -0.385 e. The summed E-state index contributed by atoms with van der Waals surface area (Å²) in [5, 5.41) is 2.36. The van der Waals surface area contributed by atoms with Gasteiger partial charge in [-0.2, -0.15) is 13.2 Å². The van der Waals surface area contributed by atoms with Gasteiger partial charge < -0.3 is 5.32 Å². The maximum Gasteiger partial charge on any atom is 0.435 e. The van der Waals surface area contributed by atoms with Gasteiger partial charge in [-0.25, -0.2) is 9.97 Å². The second-order valence-corrected chi connectivity index (χ2v) is 2.03. The lowest BCUT2D eigenvalue weighted by molar-refractivity contribution is -0.140. The molecule has 0 aromatic carbocycles. The van der Waals surface area contributed by atoms with Gasteiger partial charge in [0.2, 0.25) is 0 Å². The quantitative estimate of drug-likeness (QED) is 0.706. The first-order valence-electron chi connectivity index (χ1n) is 3.10. The molecule has 1 N–H and O–H groups in total. The SMILES string of the molecule is CNc1cncnc1C(F)(F)F. The smallest absolute Gasteiger partial charge is 0.385 e. The van der Waals surface area contributed by atoms with E-state index in [4.69, 9.17) is 0 Å². The third-order valence-electron chi connectivity index (χ3n) is 1.25. The van der Waals surface area contributed by atoms with Gasteiger partial charge >= 0.3 is 6.18 Å². The van der Waals surface area contributed by atoms with E-state index in [0.717, 1.165) is 12.5 Å². The fourth-order valence-electron chi connectivity index (χ4n) is 0.738. The van der Waals surface area contributed by atoms with Crippen LogP contribution >= 0.6 is 0 Å². The van der Waals surface area contributed by atoms with Crippen molar-refractivity contribution in [3.63, 3.8) is 0 Å². The van der Waals surface area contributed by atoms with Crippen LogP contribution in [0, 0.1) is 0 Å². The van der Waals surface area contributed by atoms with Crippen molar-refractivity contribution in [1.82, 2.24) is 9.97 Å². The van der Waals surface area contributed by atoms with Crippen LogP contribution < -0.4 is 5.32 Å². The first kappa shape index (κ1) is 8.76. The first-order chi connectivity index (χ1) is 5.55. The molecule has 0 saturated heterocycles. The Labute approximate surface area is 66.6 Å². The monoisotopic (exact) mass is 177 g/mol. The molecule has 0 fully saturated rings. The van der Waals surface area contributed by atoms with Gasteiger partial charge in [-0.15, -0.1) is 0 Å². The van der Waals surface area contributed by atoms with Crippen molar-refractivity contribution in [2.75, 3.05) is 12.4 Å². The normalized spacial score (nSPS) is 11.3. The second kappa shape index (κ2) is 2.96. The highest BCUT2D eigenvalue weighted by Crippen LogP contribution is 2.31. The van der Waals surface area contributed by atoms with Crippen molar-refractivity contribution in [1.29, 1.82) is 0 Å². The predicted molar refractivity (Wildman–Crippen MR) is 36.6 cm³/mol. The molecule has 1 rings (SSSR count). The molecular formula is C6H6F3N3. The van der Waals surface area contributed by atoms with Gasteiger partial charge in [-0.1, -0.05) is 0 Å². The molecule has 12 heavy (non-hydrogen) atoms. The minimum absolute atomic E-state index is 0.120. The van der Waals surface area contributed by atoms with E-state index < -0.39 is 11.9 Å². The van der Waals surface area contributed by atoms with Crippen molar-refractivity contribution < 1.29 is 13.2 Å². The Bertz CT molecular complexity index is 271. The number of nitrogens with zero attached hydrogens (tertiary/aromatic N) is 2. The molecular weight excluding hydrogens is 171 g/mol. The van der Waals surface area contributed by atoms with Gasteiger partial charge in [0.25, 0.3) is 0 Å². The van der Waals surface area contributed by atoms with Gasteiger partial charge in [-0.05, 0) is 0 Å². The summed E-state index contributed by atoms with van der Waals surface area (Å²) in [7, 11) is 1.38. The summed E-state index contributed by atoms with van der Waals surface area (Å²) in [4.78, 5) is 6.58. The van der Waals surface area contributed by atoms with Crippen LogP contribution in [0.5, 0.6) is 0 Å². The number of rotatable bonds is 1. The van der Waals surface area contributed by atoms with E-state index in [0.29, 0.717) is 0 Å². The van der Waals surface area contributed by atoms with Crippen LogP contribution in [-0.2, 0) is 6.18 Å². The molecule has 3 nitrogen and oxygen atoms in total. The average Bonchev–Trinajstić information content (AvgIpc) is 2.03. The second-order valence-electron chi connectivity index (χ2n) is 2.03. The number of aromatic nitrogens is 2. The Morgan fingerprint density at radius 3 is 2.50 bits per heavy atom. The molecule has 66 valence electrons. The lowest BCUT2D eigenvalue weighted by Gasteiger charge is -2.09. The average molecular weight is 177 g/mol. The fraction of sp³-hybridized carbons (Fsp3) is 0.333. The van der Waals surface area contributed by atoms with E-state index in [1.165, 1.54) is 7.05 Å². The molecule has 6 heteroatoms. The predicted octanol–water partition coefficient (Wildman–Crippen LogP) is 1.54. The van der Waals surface area contributed by atoms with Crippen LogP contribution in [0.1, 0.15) is 5.69 Å². The molecule has 0 spiro atoms. The summed E-state index contributed by atoms with van der Waals surface area (Å²) >= 11 is 0. The number of halogens is 3. The molecule has 0 unspecified atom stereocenters. The molecule has 0 radical (unpaired) electrons. The van der Waals surface area contributed by atoms with Gasteiger partial charge in [0, 0.05) is 7.05 Å². The molecule has 0 aliphatic heterocycles. The van der Waals surface area contributed by atoms with E-state index in [1.54, 1.807) is 0 Å². The Balaban J connectivity index is 3.14. The van der Waals surface area contributed by atoms with E-state index in [-0.39, 0.29) is 5.69 Å². The van der Waals surface area contributed by atoms with Crippen molar-refractivity contribution in [3.8, 4) is 0 Å². The highest BCUT2D eigenvalue weighted by atomic mass is 19.4. The third-order valence-corrected chi connectivity index (χ3v) is 1.25. The van der Waals surface area contributed by atoms with Crippen LogP contribution in [0.3, 0.4) is 0 Å². The minimum atomic E-state index is -4.43. The maximum atomic E-state index is 12.1. The van der Waals surface area contributed by atoms with Crippen molar-refractivity contribution in [3.05, 3.63) is 18.2 Å². The lowest BCUT2D eigenvalue weighted by atomic mass is 10.3. The first-order valence-corrected chi connectivity index (χ1v) is 3.10. The highest BCUT2D eigenvalue weighted by Gasteiger charge is 2.35. The molecule has 0 aliphatic rings. The molecule has 0 atom stereocenters.